The van der Waals surface area contributed by atoms with Crippen molar-refractivity contribution < 1.29 is 9.53 Å². The molecule has 174 valence electrons. The van der Waals surface area contributed by atoms with Crippen molar-refractivity contribution in [2.24, 2.45) is 0 Å². The van der Waals surface area contributed by atoms with Crippen LogP contribution in [0.3, 0.4) is 0 Å². The predicted molar refractivity (Wildman–Crippen MR) is 137 cm³/mol. The molecule has 0 fully saturated rings. The van der Waals surface area contributed by atoms with Crippen LogP contribution >= 0.6 is 11.6 Å². The molecule has 2 heterocycles. The second-order valence-corrected chi connectivity index (χ2v) is 7.95. The minimum atomic E-state index is -0.814. The number of carbonyl (C=O) groups is 1. The molecule has 2 N–H and O–H groups in total. The lowest BCUT2D eigenvalue weighted by molar-refractivity contribution is 0.225. The van der Waals surface area contributed by atoms with Gasteiger partial charge in [-0.1, -0.05) is 66.2 Å². The molecular weight excluding hydrogens is 462 g/mol. The topological polar surface area (TPSA) is 95.2 Å². The first-order valence-electron chi connectivity index (χ1n) is 10.8. The maximum Gasteiger partial charge on any atom is 0.409 e. The zero-order chi connectivity index (χ0) is 24.6. The van der Waals surface area contributed by atoms with Gasteiger partial charge in [0.25, 0.3) is 0 Å². The molecule has 0 atom stereocenters. The number of aryl methyl sites for hydroxylation is 1. The van der Waals surface area contributed by atoms with E-state index in [0.29, 0.717) is 23.5 Å². The second-order valence-electron chi connectivity index (χ2n) is 7.65. The van der Waals surface area contributed by atoms with Crippen LogP contribution in [0.4, 0.5) is 10.5 Å². The summed E-state index contributed by atoms with van der Waals surface area (Å²) in [5, 5.41) is 16.2. The molecule has 3 aromatic carbocycles. The Bertz CT molecular complexity index is 1450. The number of H-pyrrole nitrogens is 1. The Morgan fingerprint density at radius 3 is 2.34 bits per heavy atom. The summed E-state index contributed by atoms with van der Waals surface area (Å²) >= 11 is 4.95. The molecule has 5 aromatic rings. The molecule has 2 aromatic heterocycles. The van der Waals surface area contributed by atoms with Gasteiger partial charge in [0.05, 0.1) is 0 Å². The van der Waals surface area contributed by atoms with E-state index in [1.807, 2.05) is 71.4 Å². The third-order valence-corrected chi connectivity index (χ3v) is 5.21. The highest BCUT2D eigenvalue weighted by atomic mass is 35.5. The second kappa shape index (κ2) is 11.1. The number of hydrogen-bond acceptors (Lipinski definition) is 5. The van der Waals surface area contributed by atoms with Crippen LogP contribution in [-0.2, 0) is 6.54 Å². The number of ether oxygens (including phenoxy) is 1. The zero-order valence-electron chi connectivity index (χ0n) is 18.9. The molecule has 35 heavy (non-hydrogen) atoms. The summed E-state index contributed by atoms with van der Waals surface area (Å²) in [4.78, 5) is 14.8. The normalized spacial score (nSPS) is 10.2. The summed E-state index contributed by atoms with van der Waals surface area (Å²) in [6.45, 7) is 2.63. The highest BCUT2D eigenvalue weighted by molar-refractivity contribution is 6.61. The lowest BCUT2D eigenvalue weighted by atomic mass is 10.1. The summed E-state index contributed by atoms with van der Waals surface area (Å²) in [6.07, 6.45) is 1.93. The van der Waals surface area contributed by atoms with E-state index in [4.69, 9.17) is 11.6 Å². The molecule has 0 unspecified atom stereocenters. The Hall–Kier alpha value is -4.54. The maximum absolute atomic E-state index is 10.2. The Labute approximate surface area is 207 Å². The molecule has 8 heteroatoms. The van der Waals surface area contributed by atoms with Crippen molar-refractivity contribution in [3.63, 3.8) is 0 Å². The van der Waals surface area contributed by atoms with E-state index in [1.54, 1.807) is 24.3 Å². The third-order valence-electron chi connectivity index (χ3n) is 5.14. The van der Waals surface area contributed by atoms with Gasteiger partial charge < -0.3 is 10.1 Å². The summed E-state index contributed by atoms with van der Waals surface area (Å²) in [5.41, 5.74) is 4.58. The van der Waals surface area contributed by atoms with Crippen LogP contribution in [0.25, 0.3) is 17.0 Å². The van der Waals surface area contributed by atoms with Gasteiger partial charge in [-0.15, -0.1) is 0 Å². The van der Waals surface area contributed by atoms with Crippen molar-refractivity contribution >= 4 is 28.4 Å². The molecule has 0 radical (unpaired) electrons. The largest absolute Gasteiger partial charge is 0.415 e. The van der Waals surface area contributed by atoms with Crippen molar-refractivity contribution in [1.82, 2.24) is 14.6 Å². The summed E-state index contributed by atoms with van der Waals surface area (Å²) < 4.78 is 6.36. The first-order chi connectivity index (χ1) is 17.0. The van der Waals surface area contributed by atoms with Crippen molar-refractivity contribution in [1.29, 1.82) is 5.26 Å². The zero-order valence-corrected chi connectivity index (χ0v) is 19.7. The molecule has 0 amide bonds. The van der Waals surface area contributed by atoms with E-state index >= 15 is 0 Å². The molecule has 0 aliphatic heterocycles. The fraction of sp³-hybridized carbons (Fsp3) is 0.0741. The Morgan fingerprint density at radius 2 is 1.71 bits per heavy atom. The minimum Gasteiger partial charge on any atom is -0.415 e. The fourth-order valence-corrected chi connectivity index (χ4v) is 3.51. The minimum absolute atomic E-state index is 0.461. The third kappa shape index (κ3) is 6.08. The summed E-state index contributed by atoms with van der Waals surface area (Å²) in [7, 11) is 0. The molecular formula is C27H22ClN5O2. The molecule has 7 nitrogen and oxygen atoms in total. The van der Waals surface area contributed by atoms with E-state index < -0.39 is 5.43 Å². The number of hydrogen-bond donors (Lipinski definition) is 2. The standard InChI is InChI=1S/C20H17N5.C7H5ClO2/c1-14-7-9-15(10-8-14)19-23-20-18(11-21)16(13-25(20)24-19)12-22-17-5-3-2-4-6-17;8-7(9)10-6-4-2-1-3-5-6/h2-10,13,22H,12H2,1H3,(H,23,24);1-5H. The molecule has 0 bridgehead atoms. The Kier molecular flexibility index (Phi) is 7.46. The van der Waals surface area contributed by atoms with Crippen LogP contribution in [0, 0.1) is 18.3 Å². The van der Waals surface area contributed by atoms with Gasteiger partial charge in [-0.25, -0.2) is 14.3 Å². The van der Waals surface area contributed by atoms with Crippen molar-refractivity contribution in [2.45, 2.75) is 13.5 Å². The average Bonchev–Trinajstić information content (AvgIpc) is 3.42. The first-order valence-corrected chi connectivity index (χ1v) is 11.2. The van der Waals surface area contributed by atoms with Crippen LogP contribution < -0.4 is 10.1 Å². The van der Waals surface area contributed by atoms with Gasteiger partial charge in [0.15, 0.2) is 11.5 Å². The van der Waals surface area contributed by atoms with Gasteiger partial charge in [0.2, 0.25) is 0 Å². The van der Waals surface area contributed by atoms with Crippen LogP contribution in [0.2, 0.25) is 0 Å². The number of carbonyl (C=O) groups excluding carboxylic acids is 1. The number of nitrogens with one attached hydrogen (secondary N) is 2. The lowest BCUT2D eigenvalue weighted by Crippen LogP contribution is -1.99. The molecule has 5 rings (SSSR count). The Morgan fingerprint density at radius 1 is 1.06 bits per heavy atom. The van der Waals surface area contributed by atoms with Crippen LogP contribution in [0.15, 0.2) is 91.1 Å². The number of benzene rings is 3. The van der Waals surface area contributed by atoms with Gasteiger partial charge in [-0.05, 0) is 31.2 Å². The molecule has 0 saturated heterocycles. The lowest BCUT2D eigenvalue weighted by Gasteiger charge is -2.04. The number of aromatic amines is 1. The number of anilines is 1. The smallest absolute Gasteiger partial charge is 0.409 e. The van der Waals surface area contributed by atoms with Crippen LogP contribution in [0.1, 0.15) is 16.7 Å². The molecule has 0 aliphatic carbocycles. The summed E-state index contributed by atoms with van der Waals surface area (Å²) in [6, 6.07) is 29.0. The predicted octanol–water partition coefficient (Wildman–Crippen LogP) is 6.55. The van der Waals surface area contributed by atoms with E-state index in [9.17, 15) is 10.1 Å². The van der Waals surface area contributed by atoms with Gasteiger partial charge in [-0.3, -0.25) is 5.10 Å². The number of halogens is 1. The highest BCUT2D eigenvalue weighted by Crippen LogP contribution is 2.22. The van der Waals surface area contributed by atoms with E-state index in [1.165, 1.54) is 5.56 Å². The number of fused-ring (bicyclic) bond motifs is 1. The summed E-state index contributed by atoms with van der Waals surface area (Å²) in [5.74, 6) is 1.22. The van der Waals surface area contributed by atoms with E-state index in [2.05, 4.69) is 33.1 Å². The van der Waals surface area contributed by atoms with Gasteiger partial charge in [0, 0.05) is 41.2 Å². The van der Waals surface area contributed by atoms with Crippen molar-refractivity contribution in [2.75, 3.05) is 5.32 Å². The number of nitriles is 1. The van der Waals surface area contributed by atoms with Crippen LogP contribution in [-0.4, -0.2) is 20.0 Å². The quantitative estimate of drug-likeness (QED) is 0.276. The van der Waals surface area contributed by atoms with Crippen molar-refractivity contribution in [3.05, 3.63) is 108 Å². The van der Waals surface area contributed by atoms with Gasteiger partial charge in [-0.2, -0.15) is 5.26 Å². The van der Waals surface area contributed by atoms with Gasteiger partial charge in [0.1, 0.15) is 17.4 Å². The van der Waals surface area contributed by atoms with Crippen LogP contribution in [0.5, 0.6) is 5.75 Å². The SMILES string of the molecule is Cc1ccc(-c2nc3c(C#N)c(CNc4ccccc4)cn3[nH]2)cc1.O=C(Cl)Oc1ccccc1. The fourth-order valence-electron chi connectivity index (χ4n) is 3.42. The van der Waals surface area contributed by atoms with Gasteiger partial charge >= 0.3 is 5.43 Å². The molecule has 0 saturated carbocycles. The van der Waals surface area contributed by atoms with E-state index in [-0.39, 0.29) is 0 Å². The maximum atomic E-state index is 10.2. The highest BCUT2D eigenvalue weighted by Gasteiger charge is 2.15. The number of rotatable bonds is 5. The number of aromatic nitrogens is 3. The monoisotopic (exact) mass is 483 g/mol. The molecule has 0 aliphatic rings. The first kappa shape index (κ1) is 23.6. The number of nitrogens with zero attached hydrogens (tertiary/aromatic N) is 3. The Balaban J connectivity index is 0.000000243. The number of para-hydroxylation sites is 2. The van der Waals surface area contributed by atoms with Crippen molar-refractivity contribution in [3.8, 4) is 23.2 Å². The average molecular weight is 484 g/mol. The van der Waals surface area contributed by atoms with E-state index in [0.717, 1.165) is 22.6 Å². The molecule has 0 spiro atoms.